The van der Waals surface area contributed by atoms with E-state index >= 15 is 0 Å². The topological polar surface area (TPSA) is 41.5 Å². The molecule has 0 aromatic heterocycles. The van der Waals surface area contributed by atoms with Crippen molar-refractivity contribution < 1.29 is 9.28 Å². The van der Waals surface area contributed by atoms with Gasteiger partial charge < -0.3 is 5.32 Å². The Morgan fingerprint density at radius 3 is 1.91 bits per heavy atom. The predicted molar refractivity (Wildman–Crippen MR) is 140 cm³/mol. The highest BCUT2D eigenvalue weighted by Crippen LogP contribution is 2.23. The number of carbonyl (C=O) groups excluding carboxylic acids is 1. The van der Waals surface area contributed by atoms with Crippen molar-refractivity contribution in [3.05, 3.63) is 12.2 Å². The van der Waals surface area contributed by atoms with Crippen LogP contribution in [0.3, 0.4) is 0 Å². The Labute approximate surface area is 199 Å². The fraction of sp³-hybridized carbons (Fsp3) is 0.857. The van der Waals surface area contributed by atoms with Gasteiger partial charge in [0.05, 0.1) is 13.1 Å². The second-order valence-electron chi connectivity index (χ2n) is 9.81. The Morgan fingerprint density at radius 2 is 1.44 bits per heavy atom. The number of likely N-dealkylation sites (N-methyl/N-ethyl adjacent to an activating group) is 1. The van der Waals surface area contributed by atoms with E-state index in [0.29, 0.717) is 0 Å². The van der Waals surface area contributed by atoms with Crippen LogP contribution in [0, 0.1) is 0 Å². The van der Waals surface area contributed by atoms with Crippen molar-refractivity contribution in [3.8, 4) is 0 Å². The van der Waals surface area contributed by atoms with Crippen LogP contribution in [0.1, 0.15) is 130 Å². The molecule has 0 saturated heterocycles. The summed E-state index contributed by atoms with van der Waals surface area (Å²) in [7, 11) is 0. The molecule has 1 N–H and O–H groups in total. The van der Waals surface area contributed by atoms with Crippen LogP contribution >= 0.6 is 0 Å². The number of nitrogens with one attached hydrogen (secondary N) is 1. The molecular weight excluding hydrogens is 394 g/mol. The number of nitrogens with zero attached hydrogens (tertiary/aromatic N) is 2. The van der Waals surface area contributed by atoms with Crippen molar-refractivity contribution in [1.29, 1.82) is 0 Å². The Morgan fingerprint density at radius 1 is 0.938 bits per heavy atom. The van der Waals surface area contributed by atoms with Crippen LogP contribution in [0.5, 0.6) is 0 Å². The van der Waals surface area contributed by atoms with Gasteiger partial charge in [0.15, 0.2) is 12.0 Å². The van der Waals surface area contributed by atoms with Crippen LogP contribution in [0.15, 0.2) is 17.1 Å². The molecule has 32 heavy (non-hydrogen) atoms. The number of unbranched alkanes of at least 4 members (excludes halogenated alkanes) is 14. The summed E-state index contributed by atoms with van der Waals surface area (Å²) >= 11 is 0. The number of rotatable bonds is 20. The van der Waals surface area contributed by atoms with Crippen molar-refractivity contribution in [2.45, 2.75) is 137 Å². The van der Waals surface area contributed by atoms with Crippen molar-refractivity contribution in [2.24, 2.45) is 4.99 Å². The molecule has 0 bridgehead atoms. The minimum Gasteiger partial charge on any atom is -0.307 e. The van der Waals surface area contributed by atoms with Gasteiger partial charge in [-0.3, -0.25) is 9.28 Å². The minimum absolute atomic E-state index is 0.0605. The lowest BCUT2D eigenvalue weighted by Gasteiger charge is -2.39. The number of amides is 1. The maximum Gasteiger partial charge on any atom is 0.221 e. The maximum atomic E-state index is 11.5. The third-order valence-corrected chi connectivity index (χ3v) is 7.28. The number of allylic oxidation sites excluding steroid dienone is 2. The summed E-state index contributed by atoms with van der Waals surface area (Å²) in [6, 6.07) is 0. The quantitative estimate of drug-likeness (QED) is 0.117. The Balaban J connectivity index is 1.98. The van der Waals surface area contributed by atoms with E-state index < -0.39 is 0 Å². The fourth-order valence-electron chi connectivity index (χ4n) is 5.21. The van der Waals surface area contributed by atoms with Gasteiger partial charge in [0.25, 0.3) is 0 Å². The first kappa shape index (κ1) is 28.9. The summed E-state index contributed by atoms with van der Waals surface area (Å²) in [5.41, 5.74) is 0. The number of amidine groups is 1. The molecule has 1 amide bonds. The summed E-state index contributed by atoms with van der Waals surface area (Å²) in [5.74, 6) is 1.37. The standard InChI is InChI=1S/C28H53N3O/c1-5-7-8-9-10-11-12-13-14-15-16-17-18-19-20-21-22-23-28-29-24-25-31(28,6-2)26(3)30-27(4)32/h5,7,26H,6,8-25H2,1-4H3/p+1/b7-5+. The highest BCUT2D eigenvalue weighted by Gasteiger charge is 2.41. The molecule has 0 aromatic rings. The number of hydrogen-bond donors (Lipinski definition) is 1. The zero-order valence-corrected chi connectivity index (χ0v) is 22.0. The summed E-state index contributed by atoms with van der Waals surface area (Å²) in [5, 5.41) is 3.11. The van der Waals surface area contributed by atoms with E-state index in [1.165, 1.54) is 102 Å². The molecule has 1 heterocycles. The monoisotopic (exact) mass is 448 g/mol. The molecule has 1 aliphatic rings. The number of aliphatic imine (C=N–C) groups is 1. The molecule has 4 nitrogen and oxygen atoms in total. The van der Waals surface area contributed by atoms with Gasteiger partial charge in [-0.25, -0.2) is 4.99 Å². The molecule has 4 heteroatoms. The number of carbonyl (C=O) groups is 1. The number of quaternary nitrogens is 1. The Bertz CT molecular complexity index is 543. The van der Waals surface area contributed by atoms with E-state index in [4.69, 9.17) is 4.99 Å². The first-order chi connectivity index (χ1) is 15.6. The molecule has 0 fully saturated rings. The highest BCUT2D eigenvalue weighted by atomic mass is 16.1. The second-order valence-corrected chi connectivity index (χ2v) is 9.81. The average molecular weight is 449 g/mol. The van der Waals surface area contributed by atoms with Crippen LogP contribution in [-0.4, -0.2) is 42.0 Å². The summed E-state index contributed by atoms with van der Waals surface area (Å²) in [4.78, 5) is 16.4. The van der Waals surface area contributed by atoms with Gasteiger partial charge in [0, 0.05) is 20.3 Å². The van der Waals surface area contributed by atoms with Crippen molar-refractivity contribution in [1.82, 2.24) is 5.32 Å². The third kappa shape index (κ3) is 11.6. The zero-order valence-electron chi connectivity index (χ0n) is 22.0. The van der Waals surface area contributed by atoms with Crippen LogP contribution in [-0.2, 0) is 4.79 Å². The van der Waals surface area contributed by atoms with E-state index in [1.807, 2.05) is 0 Å². The van der Waals surface area contributed by atoms with E-state index in [9.17, 15) is 4.79 Å². The Kier molecular flexibility index (Phi) is 16.5. The summed E-state index contributed by atoms with van der Waals surface area (Å²) in [6.07, 6.45) is 26.4. The van der Waals surface area contributed by atoms with Gasteiger partial charge in [0.2, 0.25) is 5.91 Å². The van der Waals surface area contributed by atoms with Gasteiger partial charge >= 0.3 is 0 Å². The second kappa shape index (κ2) is 18.3. The zero-order chi connectivity index (χ0) is 23.5. The molecule has 0 aliphatic carbocycles. The molecule has 0 radical (unpaired) electrons. The van der Waals surface area contributed by atoms with Crippen molar-refractivity contribution >= 4 is 11.7 Å². The number of hydrogen-bond acceptors (Lipinski definition) is 2. The molecule has 1 rings (SSSR count). The molecule has 1 aliphatic heterocycles. The molecular formula is C28H54N3O+. The fourth-order valence-corrected chi connectivity index (χ4v) is 5.21. The van der Waals surface area contributed by atoms with E-state index in [1.54, 1.807) is 6.92 Å². The first-order valence-corrected chi connectivity index (χ1v) is 13.9. The maximum absolute atomic E-state index is 11.5. The van der Waals surface area contributed by atoms with Crippen molar-refractivity contribution in [3.63, 3.8) is 0 Å². The molecule has 0 spiro atoms. The molecule has 0 aromatic carbocycles. The lowest BCUT2D eigenvalue weighted by Crippen LogP contribution is -2.62. The smallest absolute Gasteiger partial charge is 0.221 e. The SMILES string of the molecule is C/C=C/CCCCCCCCCCCCCCCCC1=NCC[N+]1(CC)C(C)NC(C)=O. The van der Waals surface area contributed by atoms with Crippen LogP contribution in [0.25, 0.3) is 0 Å². The van der Waals surface area contributed by atoms with E-state index in [2.05, 4.69) is 38.2 Å². The normalized spacial score (nSPS) is 19.4. The molecule has 0 saturated carbocycles. The Hall–Kier alpha value is -1.16. The van der Waals surface area contributed by atoms with Gasteiger partial charge in [-0.2, -0.15) is 0 Å². The van der Waals surface area contributed by atoms with Gasteiger partial charge in [-0.15, -0.1) is 0 Å². The summed E-state index contributed by atoms with van der Waals surface area (Å²) in [6.45, 7) is 11.0. The average Bonchev–Trinajstić information content (AvgIpc) is 3.19. The first-order valence-electron chi connectivity index (χ1n) is 13.9. The minimum atomic E-state index is 0.0605. The van der Waals surface area contributed by atoms with Gasteiger partial charge in [0.1, 0.15) is 6.54 Å². The summed E-state index contributed by atoms with van der Waals surface area (Å²) < 4.78 is 0.857. The van der Waals surface area contributed by atoms with Crippen LogP contribution < -0.4 is 5.32 Å². The van der Waals surface area contributed by atoms with Crippen LogP contribution in [0.2, 0.25) is 0 Å². The lowest BCUT2D eigenvalue weighted by molar-refractivity contribution is -0.861. The third-order valence-electron chi connectivity index (χ3n) is 7.28. The van der Waals surface area contributed by atoms with Gasteiger partial charge in [-0.05, 0) is 33.1 Å². The van der Waals surface area contributed by atoms with E-state index in [-0.39, 0.29) is 12.1 Å². The molecule has 2 unspecified atom stereocenters. The van der Waals surface area contributed by atoms with Crippen LogP contribution in [0.4, 0.5) is 0 Å². The van der Waals surface area contributed by atoms with Crippen molar-refractivity contribution in [2.75, 3.05) is 19.6 Å². The van der Waals surface area contributed by atoms with Gasteiger partial charge in [-0.1, -0.05) is 89.2 Å². The lowest BCUT2D eigenvalue weighted by atomic mass is 10.0. The van der Waals surface area contributed by atoms with E-state index in [0.717, 1.165) is 30.5 Å². The molecule has 186 valence electrons. The largest absolute Gasteiger partial charge is 0.307 e. The predicted octanol–water partition coefficient (Wildman–Crippen LogP) is 7.54. The highest BCUT2D eigenvalue weighted by molar-refractivity contribution is 5.78. The molecule has 2 atom stereocenters.